The highest BCUT2D eigenvalue weighted by molar-refractivity contribution is 5.85. The summed E-state index contributed by atoms with van der Waals surface area (Å²) in [5, 5.41) is 3.29. The maximum atomic E-state index is 13.8. The molecule has 6 heteroatoms. The fourth-order valence-corrected chi connectivity index (χ4v) is 3.56. The summed E-state index contributed by atoms with van der Waals surface area (Å²) in [4.78, 5) is 4.69. The summed E-state index contributed by atoms with van der Waals surface area (Å²) in [6.45, 7) is 0. The maximum Gasteiger partial charge on any atom is 0.159 e. The summed E-state index contributed by atoms with van der Waals surface area (Å²) in [6, 6.07) is 15.4. The molecule has 2 atom stereocenters. The number of benzene rings is 3. The van der Waals surface area contributed by atoms with E-state index in [1.807, 2.05) is 0 Å². The van der Waals surface area contributed by atoms with Crippen molar-refractivity contribution in [2.75, 3.05) is 0 Å². The number of aryl methyl sites for hydroxylation is 1. The second kappa shape index (κ2) is 8.07. The number of halogens is 4. The monoisotopic (exact) mass is 398 g/mol. The summed E-state index contributed by atoms with van der Waals surface area (Å²) in [6.07, 6.45) is 0.914. The van der Waals surface area contributed by atoms with Crippen LogP contribution >= 0.6 is 0 Å². The largest absolute Gasteiger partial charge is 0.364 e. The van der Waals surface area contributed by atoms with Crippen molar-refractivity contribution >= 4 is 5.84 Å². The molecule has 1 aliphatic heterocycles. The SMILES string of the molecule is Fc1cccc(C2N=C(CCc3ccc(F)c(F)c3)NC2c2cccc(F)c2)c1. The lowest BCUT2D eigenvalue weighted by atomic mass is 9.95. The lowest BCUT2D eigenvalue weighted by Crippen LogP contribution is -2.24. The molecule has 0 amide bonds. The molecule has 0 fully saturated rings. The highest BCUT2D eigenvalue weighted by Crippen LogP contribution is 2.37. The fraction of sp³-hybridized carbons (Fsp3) is 0.174. The molecule has 0 spiro atoms. The third kappa shape index (κ3) is 4.31. The topological polar surface area (TPSA) is 24.4 Å². The lowest BCUT2D eigenvalue weighted by molar-refractivity contribution is 0.507. The van der Waals surface area contributed by atoms with E-state index in [0.29, 0.717) is 35.4 Å². The van der Waals surface area contributed by atoms with Crippen molar-refractivity contribution in [3.8, 4) is 0 Å². The van der Waals surface area contributed by atoms with Crippen LogP contribution in [0.1, 0.15) is 35.2 Å². The minimum absolute atomic E-state index is 0.354. The molecule has 0 aromatic heterocycles. The predicted octanol–water partition coefficient (Wildman–Crippen LogP) is 5.66. The van der Waals surface area contributed by atoms with E-state index in [4.69, 9.17) is 4.99 Å². The lowest BCUT2D eigenvalue weighted by Gasteiger charge is -2.20. The van der Waals surface area contributed by atoms with Crippen LogP contribution < -0.4 is 5.32 Å². The van der Waals surface area contributed by atoms with Crippen molar-refractivity contribution in [3.63, 3.8) is 0 Å². The number of amidine groups is 1. The number of nitrogens with zero attached hydrogens (tertiary/aromatic N) is 1. The first-order chi connectivity index (χ1) is 14.0. The average Bonchev–Trinajstić information content (AvgIpc) is 3.13. The van der Waals surface area contributed by atoms with Crippen LogP contribution in [0.4, 0.5) is 17.6 Å². The predicted molar refractivity (Wildman–Crippen MR) is 104 cm³/mol. The van der Waals surface area contributed by atoms with Crippen molar-refractivity contribution in [2.24, 2.45) is 4.99 Å². The van der Waals surface area contributed by atoms with E-state index in [2.05, 4.69) is 5.32 Å². The van der Waals surface area contributed by atoms with Gasteiger partial charge in [-0.1, -0.05) is 30.3 Å². The Morgan fingerprint density at radius 2 is 1.41 bits per heavy atom. The number of nitrogens with one attached hydrogen (secondary N) is 1. The van der Waals surface area contributed by atoms with Gasteiger partial charge in [0.25, 0.3) is 0 Å². The summed E-state index contributed by atoms with van der Waals surface area (Å²) in [7, 11) is 0. The Kier molecular flexibility index (Phi) is 5.34. The molecule has 2 unspecified atom stereocenters. The van der Waals surface area contributed by atoms with Gasteiger partial charge in [-0.05, 0) is 59.5 Å². The van der Waals surface area contributed by atoms with Gasteiger partial charge in [-0.15, -0.1) is 0 Å². The summed E-state index contributed by atoms with van der Waals surface area (Å²) >= 11 is 0. The van der Waals surface area contributed by atoms with Gasteiger partial charge < -0.3 is 5.32 Å². The van der Waals surface area contributed by atoms with Gasteiger partial charge in [-0.2, -0.15) is 0 Å². The Morgan fingerprint density at radius 3 is 2.10 bits per heavy atom. The van der Waals surface area contributed by atoms with Crippen molar-refractivity contribution < 1.29 is 17.6 Å². The number of rotatable bonds is 5. The first kappa shape index (κ1) is 19.2. The molecule has 4 rings (SSSR count). The first-order valence-corrected chi connectivity index (χ1v) is 9.27. The highest BCUT2D eigenvalue weighted by atomic mass is 19.2. The molecular formula is C23H18F4N2. The van der Waals surface area contributed by atoms with Crippen LogP contribution in [0.5, 0.6) is 0 Å². The summed E-state index contributed by atoms with van der Waals surface area (Å²) in [5.74, 6) is -1.86. The Hall–Kier alpha value is -3.15. The highest BCUT2D eigenvalue weighted by Gasteiger charge is 2.31. The minimum atomic E-state index is -0.890. The van der Waals surface area contributed by atoms with E-state index in [-0.39, 0.29) is 17.7 Å². The van der Waals surface area contributed by atoms with Crippen molar-refractivity contribution in [2.45, 2.75) is 24.9 Å². The molecule has 3 aromatic rings. The quantitative estimate of drug-likeness (QED) is 0.551. The zero-order valence-electron chi connectivity index (χ0n) is 15.4. The zero-order valence-corrected chi connectivity index (χ0v) is 15.4. The molecule has 0 saturated heterocycles. The Morgan fingerprint density at radius 1 is 0.724 bits per heavy atom. The van der Waals surface area contributed by atoms with E-state index >= 15 is 0 Å². The van der Waals surface area contributed by atoms with E-state index < -0.39 is 17.7 Å². The van der Waals surface area contributed by atoms with Gasteiger partial charge in [0, 0.05) is 6.42 Å². The van der Waals surface area contributed by atoms with Crippen LogP contribution in [0.2, 0.25) is 0 Å². The van der Waals surface area contributed by atoms with Gasteiger partial charge in [0.2, 0.25) is 0 Å². The molecule has 29 heavy (non-hydrogen) atoms. The van der Waals surface area contributed by atoms with Gasteiger partial charge in [0.05, 0.1) is 11.9 Å². The Balaban J connectivity index is 1.59. The third-order valence-corrected chi connectivity index (χ3v) is 4.97. The number of aliphatic imine (C=N–C) groups is 1. The zero-order chi connectivity index (χ0) is 20.4. The van der Waals surface area contributed by atoms with Crippen LogP contribution in [-0.2, 0) is 6.42 Å². The van der Waals surface area contributed by atoms with Gasteiger partial charge in [-0.3, -0.25) is 4.99 Å². The molecule has 0 aliphatic carbocycles. The fourth-order valence-electron chi connectivity index (χ4n) is 3.56. The molecule has 0 radical (unpaired) electrons. The molecule has 1 N–H and O–H groups in total. The summed E-state index contributed by atoms with van der Waals surface area (Å²) < 4.78 is 54.1. The molecule has 1 aliphatic rings. The number of hydrogen-bond donors (Lipinski definition) is 1. The van der Waals surface area contributed by atoms with Crippen LogP contribution in [0.15, 0.2) is 71.7 Å². The van der Waals surface area contributed by atoms with E-state index in [1.165, 1.54) is 36.4 Å². The van der Waals surface area contributed by atoms with Crippen LogP contribution in [0.3, 0.4) is 0 Å². The Labute approximate surface area is 165 Å². The van der Waals surface area contributed by atoms with E-state index in [1.54, 1.807) is 24.3 Å². The Bertz CT molecular complexity index is 1060. The minimum Gasteiger partial charge on any atom is -0.364 e. The van der Waals surface area contributed by atoms with Gasteiger partial charge >= 0.3 is 0 Å². The smallest absolute Gasteiger partial charge is 0.159 e. The van der Waals surface area contributed by atoms with Crippen molar-refractivity contribution in [1.29, 1.82) is 0 Å². The normalized spacial score (nSPS) is 18.4. The van der Waals surface area contributed by atoms with Crippen molar-refractivity contribution in [1.82, 2.24) is 5.32 Å². The van der Waals surface area contributed by atoms with Gasteiger partial charge in [0.15, 0.2) is 11.6 Å². The molecule has 0 saturated carbocycles. The summed E-state index contributed by atoms with van der Waals surface area (Å²) in [5.41, 5.74) is 2.02. The second-order valence-electron chi connectivity index (χ2n) is 7.00. The van der Waals surface area contributed by atoms with Gasteiger partial charge in [-0.25, -0.2) is 17.6 Å². The number of hydrogen-bond acceptors (Lipinski definition) is 2. The van der Waals surface area contributed by atoms with Crippen molar-refractivity contribution in [3.05, 3.63) is 107 Å². The standard InChI is InChI=1S/C23H18F4N2/c24-17-5-1-3-15(12-17)22-23(16-4-2-6-18(25)13-16)29-21(28-22)10-8-14-7-9-19(26)20(27)11-14/h1-7,9,11-13,22-23H,8,10H2,(H,28,29). The maximum absolute atomic E-state index is 13.8. The van der Waals surface area contributed by atoms with E-state index in [9.17, 15) is 17.6 Å². The molecule has 0 bridgehead atoms. The molecule has 3 aromatic carbocycles. The third-order valence-electron chi connectivity index (χ3n) is 4.97. The molecule has 1 heterocycles. The van der Waals surface area contributed by atoms with Crippen LogP contribution in [0, 0.1) is 23.3 Å². The molecule has 2 nitrogen and oxygen atoms in total. The average molecular weight is 398 g/mol. The van der Waals surface area contributed by atoms with E-state index in [0.717, 1.165) is 6.07 Å². The van der Waals surface area contributed by atoms with Crippen LogP contribution in [0.25, 0.3) is 0 Å². The second-order valence-corrected chi connectivity index (χ2v) is 7.00. The molecular weight excluding hydrogens is 380 g/mol. The first-order valence-electron chi connectivity index (χ1n) is 9.27. The molecule has 148 valence electrons. The van der Waals surface area contributed by atoms with Crippen LogP contribution in [-0.4, -0.2) is 5.84 Å². The van der Waals surface area contributed by atoms with Gasteiger partial charge in [0.1, 0.15) is 17.7 Å².